The van der Waals surface area contributed by atoms with E-state index in [-0.39, 0.29) is 16.6 Å². The van der Waals surface area contributed by atoms with Crippen molar-refractivity contribution >= 4 is 21.9 Å². The fourth-order valence-electron chi connectivity index (χ4n) is 1.22. The molecule has 2 N–H and O–H groups in total. The lowest BCUT2D eigenvalue weighted by Crippen LogP contribution is -2.24. The summed E-state index contributed by atoms with van der Waals surface area (Å²) in [4.78, 5) is 23.8. The Hall–Kier alpha value is -1.51. The van der Waals surface area contributed by atoms with Crippen LogP contribution in [0, 0.1) is 0 Å². The first kappa shape index (κ1) is 14.6. The lowest BCUT2D eigenvalue weighted by molar-refractivity contribution is -0.275. The van der Waals surface area contributed by atoms with Crippen molar-refractivity contribution in [2.24, 2.45) is 0 Å². The van der Waals surface area contributed by atoms with Crippen LogP contribution in [0.5, 0.6) is 5.75 Å². The Morgan fingerprint density at radius 1 is 1.50 bits per heavy atom. The van der Waals surface area contributed by atoms with Gasteiger partial charge >= 0.3 is 12.3 Å². The van der Waals surface area contributed by atoms with E-state index in [4.69, 9.17) is 5.11 Å². The molecule has 18 heavy (non-hydrogen) atoms. The van der Waals surface area contributed by atoms with E-state index in [9.17, 15) is 22.8 Å². The molecule has 100 valence electrons. The summed E-state index contributed by atoms with van der Waals surface area (Å²) in [7, 11) is 0. The molecule has 0 atom stereocenters. The van der Waals surface area contributed by atoms with E-state index in [1.54, 1.807) is 0 Å². The van der Waals surface area contributed by atoms with Gasteiger partial charge in [-0.2, -0.15) is 0 Å². The maximum absolute atomic E-state index is 12.0. The van der Waals surface area contributed by atoms with E-state index in [1.165, 1.54) is 0 Å². The molecule has 1 rings (SSSR count). The number of aliphatic carboxylic acids is 1. The third-order valence-corrected chi connectivity index (χ3v) is 2.48. The monoisotopic (exact) mass is 329 g/mol. The number of carboxylic acid groups (broad SMARTS) is 1. The molecule has 0 bridgehead atoms. The number of carbonyl (C=O) groups is 1. The van der Waals surface area contributed by atoms with Gasteiger partial charge in [0.2, 0.25) is 0 Å². The third-order valence-electron chi connectivity index (χ3n) is 1.88. The van der Waals surface area contributed by atoms with Gasteiger partial charge in [0, 0.05) is 11.0 Å². The lowest BCUT2D eigenvalue weighted by atomic mass is 10.1. The molecule has 0 aliphatic heterocycles. The minimum absolute atomic E-state index is 0.0268. The highest BCUT2D eigenvalue weighted by Crippen LogP contribution is 2.22. The van der Waals surface area contributed by atoms with E-state index in [2.05, 4.69) is 25.7 Å². The van der Waals surface area contributed by atoms with Crippen LogP contribution < -0.4 is 10.3 Å². The van der Waals surface area contributed by atoms with E-state index >= 15 is 0 Å². The number of nitrogens with one attached hydrogen (secondary N) is 1. The number of carboxylic acids is 1. The maximum Gasteiger partial charge on any atom is 0.573 e. The number of alkyl halides is 4. The van der Waals surface area contributed by atoms with Crippen LogP contribution in [0.25, 0.3) is 0 Å². The number of hydrogen-bond donors (Lipinski definition) is 2. The van der Waals surface area contributed by atoms with Crippen LogP contribution in [0.2, 0.25) is 0 Å². The van der Waals surface area contributed by atoms with Crippen molar-refractivity contribution in [3.63, 3.8) is 0 Å². The summed E-state index contributed by atoms with van der Waals surface area (Å²) in [6.45, 7) is 0. The molecule has 0 saturated heterocycles. The number of ether oxygens (including phenoxy) is 1. The van der Waals surface area contributed by atoms with Crippen molar-refractivity contribution in [1.82, 2.24) is 4.98 Å². The Morgan fingerprint density at radius 3 is 2.56 bits per heavy atom. The lowest BCUT2D eigenvalue weighted by Gasteiger charge is -2.11. The number of pyridine rings is 1. The molecule has 1 aromatic heterocycles. The highest BCUT2D eigenvalue weighted by atomic mass is 79.9. The highest BCUT2D eigenvalue weighted by Gasteiger charge is 2.32. The number of H-pyrrole nitrogens is 1. The standard InChI is InChI=1S/C9H7BrF3NO4/c10-3-4-1-6(18-9(11,12)13)8(17)14-5(4)2-7(15)16/h1H,2-3H2,(H,14,17)(H,15,16). The van der Waals surface area contributed by atoms with Gasteiger partial charge in [0.25, 0.3) is 5.56 Å². The fourth-order valence-corrected chi connectivity index (χ4v) is 1.72. The van der Waals surface area contributed by atoms with Gasteiger partial charge < -0.3 is 14.8 Å². The van der Waals surface area contributed by atoms with Crippen molar-refractivity contribution in [3.8, 4) is 5.75 Å². The summed E-state index contributed by atoms with van der Waals surface area (Å²) in [5.74, 6) is -2.14. The zero-order valence-corrected chi connectivity index (χ0v) is 10.3. The summed E-state index contributed by atoms with van der Waals surface area (Å²) < 4.78 is 39.5. The van der Waals surface area contributed by atoms with Gasteiger partial charge in [-0.15, -0.1) is 13.2 Å². The minimum Gasteiger partial charge on any atom is -0.481 e. The number of halogens is 4. The second-order valence-corrected chi connectivity index (χ2v) is 3.78. The van der Waals surface area contributed by atoms with Crippen molar-refractivity contribution < 1.29 is 27.8 Å². The number of rotatable bonds is 4. The SMILES string of the molecule is O=C(O)Cc1[nH]c(=O)c(OC(F)(F)F)cc1CBr. The summed E-state index contributed by atoms with van der Waals surface area (Å²) in [6.07, 6.45) is -5.48. The van der Waals surface area contributed by atoms with Crippen molar-refractivity contribution in [2.75, 3.05) is 0 Å². The van der Waals surface area contributed by atoms with Crippen LogP contribution in [-0.4, -0.2) is 22.4 Å². The first-order valence-electron chi connectivity index (χ1n) is 4.51. The fraction of sp³-hybridized carbons (Fsp3) is 0.333. The molecule has 0 aromatic carbocycles. The molecule has 0 fully saturated rings. The molecule has 5 nitrogen and oxygen atoms in total. The molecule has 0 aliphatic carbocycles. The molecule has 0 unspecified atom stereocenters. The number of aromatic nitrogens is 1. The molecule has 0 saturated carbocycles. The molecule has 0 spiro atoms. The van der Waals surface area contributed by atoms with Gasteiger partial charge in [-0.3, -0.25) is 9.59 Å². The Labute approximate surface area is 107 Å². The first-order chi connectivity index (χ1) is 8.23. The zero-order valence-electron chi connectivity index (χ0n) is 8.68. The summed E-state index contributed by atoms with van der Waals surface area (Å²) in [6, 6.07) is 0.860. The Balaban J connectivity index is 3.18. The van der Waals surface area contributed by atoms with E-state index in [1.807, 2.05) is 0 Å². The topological polar surface area (TPSA) is 79.4 Å². The highest BCUT2D eigenvalue weighted by molar-refractivity contribution is 9.08. The normalized spacial score (nSPS) is 11.3. The predicted octanol–water partition coefficient (Wildman–Crippen LogP) is 1.80. The van der Waals surface area contributed by atoms with Gasteiger partial charge in [-0.1, -0.05) is 15.9 Å². The molecule has 1 heterocycles. The van der Waals surface area contributed by atoms with Gasteiger partial charge in [0.1, 0.15) is 0 Å². The molecular weight excluding hydrogens is 323 g/mol. The Morgan fingerprint density at radius 2 is 2.11 bits per heavy atom. The minimum atomic E-state index is -4.98. The van der Waals surface area contributed by atoms with E-state index in [0.29, 0.717) is 0 Å². The van der Waals surface area contributed by atoms with Crippen molar-refractivity contribution in [3.05, 3.63) is 27.7 Å². The molecule has 0 aliphatic rings. The second kappa shape index (κ2) is 5.42. The van der Waals surface area contributed by atoms with Gasteiger partial charge in [0.15, 0.2) is 5.75 Å². The predicted molar refractivity (Wildman–Crippen MR) is 57.7 cm³/mol. The first-order valence-corrected chi connectivity index (χ1v) is 5.63. The zero-order chi connectivity index (χ0) is 13.9. The van der Waals surface area contributed by atoms with Crippen LogP contribution in [0.1, 0.15) is 11.3 Å². The van der Waals surface area contributed by atoms with Gasteiger partial charge in [-0.05, 0) is 11.6 Å². The third kappa shape index (κ3) is 4.06. The van der Waals surface area contributed by atoms with Crippen LogP contribution in [0.15, 0.2) is 10.9 Å². The van der Waals surface area contributed by atoms with Crippen LogP contribution >= 0.6 is 15.9 Å². The molecule has 1 aromatic rings. The largest absolute Gasteiger partial charge is 0.573 e. The average molecular weight is 330 g/mol. The summed E-state index contributed by atoms with van der Waals surface area (Å²) in [5.41, 5.74) is -0.900. The molecule has 0 radical (unpaired) electrons. The summed E-state index contributed by atoms with van der Waals surface area (Å²) in [5, 5.41) is 8.67. The molecule has 9 heteroatoms. The molecule has 0 amide bonds. The van der Waals surface area contributed by atoms with Crippen LogP contribution in [0.4, 0.5) is 13.2 Å². The second-order valence-electron chi connectivity index (χ2n) is 3.22. The number of hydrogen-bond acceptors (Lipinski definition) is 3. The Bertz CT molecular complexity index is 512. The average Bonchev–Trinajstić information content (AvgIpc) is 2.19. The maximum atomic E-state index is 12.0. The van der Waals surface area contributed by atoms with Gasteiger partial charge in [-0.25, -0.2) is 0 Å². The van der Waals surface area contributed by atoms with Crippen molar-refractivity contribution in [2.45, 2.75) is 18.1 Å². The quantitative estimate of drug-likeness (QED) is 0.825. The van der Waals surface area contributed by atoms with E-state index in [0.717, 1.165) is 6.07 Å². The summed E-state index contributed by atoms with van der Waals surface area (Å²) >= 11 is 2.98. The van der Waals surface area contributed by atoms with Crippen LogP contribution in [0.3, 0.4) is 0 Å². The number of aromatic amines is 1. The molecular formula is C9H7BrF3NO4. The Kier molecular flexibility index (Phi) is 4.38. The van der Waals surface area contributed by atoms with Gasteiger partial charge in [0.05, 0.1) is 6.42 Å². The smallest absolute Gasteiger partial charge is 0.481 e. The van der Waals surface area contributed by atoms with E-state index < -0.39 is 30.1 Å². The van der Waals surface area contributed by atoms with Crippen molar-refractivity contribution in [1.29, 1.82) is 0 Å². The van der Waals surface area contributed by atoms with Crippen LogP contribution in [-0.2, 0) is 16.5 Å².